The van der Waals surface area contributed by atoms with Crippen LogP contribution in [0.2, 0.25) is 0 Å². The van der Waals surface area contributed by atoms with Gasteiger partial charge in [0.25, 0.3) is 5.91 Å². The first-order valence-electron chi connectivity index (χ1n) is 6.19. The minimum atomic E-state index is -0.294. The maximum atomic E-state index is 12.8. The minimum absolute atomic E-state index is 0.270. The number of nitrogens with zero attached hydrogens (tertiary/aromatic N) is 1. The van der Waals surface area contributed by atoms with Crippen molar-refractivity contribution < 1.29 is 9.18 Å². The fourth-order valence-electron chi connectivity index (χ4n) is 1.72. The van der Waals surface area contributed by atoms with Gasteiger partial charge in [-0.25, -0.2) is 9.37 Å². The number of aromatic nitrogens is 2. The van der Waals surface area contributed by atoms with Gasteiger partial charge in [0.2, 0.25) is 0 Å². The Labute approximate surface area is 116 Å². The molecule has 5 heteroatoms. The van der Waals surface area contributed by atoms with Crippen LogP contribution in [0.3, 0.4) is 0 Å². The first-order valence-corrected chi connectivity index (χ1v) is 6.19. The van der Waals surface area contributed by atoms with Crippen molar-refractivity contribution >= 4 is 5.91 Å². The molecule has 1 aromatic heterocycles. The minimum Gasteiger partial charge on any atom is -0.345 e. The largest absolute Gasteiger partial charge is 0.345 e. The molecule has 0 aliphatic heterocycles. The van der Waals surface area contributed by atoms with Gasteiger partial charge in [0.15, 0.2) is 0 Å². The van der Waals surface area contributed by atoms with E-state index in [0.717, 1.165) is 17.1 Å². The van der Waals surface area contributed by atoms with E-state index in [2.05, 4.69) is 27.1 Å². The number of hydrogen-bond donors (Lipinski definition) is 2. The third-order valence-corrected chi connectivity index (χ3v) is 2.67. The summed E-state index contributed by atoms with van der Waals surface area (Å²) in [6, 6.07) is 6.18. The van der Waals surface area contributed by atoms with Gasteiger partial charge >= 0.3 is 0 Å². The SMILES string of the molecule is CC#CC(=O)NCCc1ncc(-c2ccc(F)cc2)[nH]1. The van der Waals surface area contributed by atoms with Crippen LogP contribution in [-0.4, -0.2) is 22.4 Å². The lowest BCUT2D eigenvalue weighted by Gasteiger charge is -1.99. The number of amides is 1. The summed E-state index contributed by atoms with van der Waals surface area (Å²) in [5.74, 6) is 5.13. The van der Waals surface area contributed by atoms with Crippen LogP contribution in [0.15, 0.2) is 30.5 Å². The number of H-pyrrole nitrogens is 1. The Morgan fingerprint density at radius 3 is 2.85 bits per heavy atom. The Morgan fingerprint density at radius 1 is 1.40 bits per heavy atom. The molecular formula is C15H14FN3O. The molecule has 0 aliphatic rings. The predicted octanol–water partition coefficient (Wildman–Crippen LogP) is 1.90. The summed E-state index contributed by atoms with van der Waals surface area (Å²) in [5.41, 5.74) is 1.69. The Morgan fingerprint density at radius 2 is 2.15 bits per heavy atom. The molecule has 0 fully saturated rings. The highest BCUT2D eigenvalue weighted by atomic mass is 19.1. The molecule has 0 bridgehead atoms. The van der Waals surface area contributed by atoms with Crippen molar-refractivity contribution in [3.05, 3.63) is 42.1 Å². The van der Waals surface area contributed by atoms with E-state index < -0.39 is 0 Å². The van der Waals surface area contributed by atoms with E-state index in [-0.39, 0.29) is 11.7 Å². The molecule has 0 radical (unpaired) electrons. The molecule has 0 aliphatic carbocycles. The highest BCUT2D eigenvalue weighted by Gasteiger charge is 2.04. The van der Waals surface area contributed by atoms with E-state index in [1.807, 2.05) is 0 Å². The Balaban J connectivity index is 1.93. The molecule has 102 valence electrons. The summed E-state index contributed by atoms with van der Waals surface area (Å²) in [6.45, 7) is 2.07. The molecular weight excluding hydrogens is 257 g/mol. The molecule has 2 N–H and O–H groups in total. The van der Waals surface area contributed by atoms with Crippen LogP contribution in [0.25, 0.3) is 11.3 Å². The molecule has 1 heterocycles. The third kappa shape index (κ3) is 3.69. The summed E-state index contributed by atoms with van der Waals surface area (Å²) >= 11 is 0. The summed E-state index contributed by atoms with van der Waals surface area (Å²) in [7, 11) is 0. The molecule has 4 nitrogen and oxygen atoms in total. The standard InChI is InChI=1S/C15H14FN3O/c1-2-3-15(20)17-9-8-14-18-10-13(19-14)11-4-6-12(16)7-5-11/h4-7,10H,8-9H2,1H3,(H,17,20)(H,18,19). The van der Waals surface area contributed by atoms with Gasteiger partial charge < -0.3 is 10.3 Å². The lowest BCUT2D eigenvalue weighted by atomic mass is 10.2. The van der Waals surface area contributed by atoms with E-state index in [0.29, 0.717) is 13.0 Å². The molecule has 1 amide bonds. The molecule has 0 unspecified atom stereocenters. The van der Waals surface area contributed by atoms with Crippen LogP contribution in [0.5, 0.6) is 0 Å². The quantitative estimate of drug-likeness (QED) is 0.834. The van der Waals surface area contributed by atoms with Crippen molar-refractivity contribution in [3.63, 3.8) is 0 Å². The molecule has 20 heavy (non-hydrogen) atoms. The van der Waals surface area contributed by atoms with Crippen LogP contribution >= 0.6 is 0 Å². The fraction of sp³-hybridized carbons (Fsp3) is 0.200. The fourth-order valence-corrected chi connectivity index (χ4v) is 1.72. The number of aromatic amines is 1. The first-order chi connectivity index (χ1) is 9.69. The number of carbonyl (C=O) groups excluding carboxylic acids is 1. The molecule has 0 saturated heterocycles. The smallest absolute Gasteiger partial charge is 0.295 e. The van der Waals surface area contributed by atoms with E-state index >= 15 is 0 Å². The second-order valence-corrected chi connectivity index (χ2v) is 4.13. The average molecular weight is 271 g/mol. The van der Waals surface area contributed by atoms with Crippen LogP contribution < -0.4 is 5.32 Å². The number of benzene rings is 1. The first kappa shape index (κ1) is 13.8. The van der Waals surface area contributed by atoms with Crippen LogP contribution in [-0.2, 0) is 11.2 Å². The molecule has 2 rings (SSSR count). The second kappa shape index (κ2) is 6.53. The van der Waals surface area contributed by atoms with Crippen molar-refractivity contribution in [2.45, 2.75) is 13.3 Å². The molecule has 2 aromatic rings. The van der Waals surface area contributed by atoms with E-state index in [9.17, 15) is 9.18 Å². The van der Waals surface area contributed by atoms with Crippen molar-refractivity contribution in [2.24, 2.45) is 0 Å². The number of imidazole rings is 1. The Bertz CT molecular complexity index is 650. The van der Waals surface area contributed by atoms with Gasteiger partial charge in [0, 0.05) is 13.0 Å². The van der Waals surface area contributed by atoms with Gasteiger partial charge in [-0.15, -0.1) is 0 Å². The van der Waals surface area contributed by atoms with Crippen LogP contribution in [0, 0.1) is 17.7 Å². The van der Waals surface area contributed by atoms with Gasteiger partial charge in [0.05, 0.1) is 11.9 Å². The Kier molecular flexibility index (Phi) is 4.51. The van der Waals surface area contributed by atoms with Gasteiger partial charge in [-0.1, -0.05) is 5.92 Å². The predicted molar refractivity (Wildman–Crippen MR) is 74.1 cm³/mol. The van der Waals surface area contributed by atoms with Gasteiger partial charge in [-0.05, 0) is 42.7 Å². The lowest BCUT2D eigenvalue weighted by molar-refractivity contribution is -0.115. The second-order valence-electron chi connectivity index (χ2n) is 4.13. The zero-order valence-electron chi connectivity index (χ0n) is 11.0. The maximum absolute atomic E-state index is 12.8. The van der Waals surface area contributed by atoms with Gasteiger partial charge in [0.1, 0.15) is 11.6 Å². The van der Waals surface area contributed by atoms with Crippen LogP contribution in [0.4, 0.5) is 4.39 Å². The van der Waals surface area contributed by atoms with Crippen molar-refractivity contribution in [1.82, 2.24) is 15.3 Å². The van der Waals surface area contributed by atoms with E-state index in [4.69, 9.17) is 0 Å². The zero-order chi connectivity index (χ0) is 14.4. The van der Waals surface area contributed by atoms with Crippen molar-refractivity contribution in [3.8, 4) is 23.1 Å². The summed E-state index contributed by atoms with van der Waals surface area (Å²) in [5, 5.41) is 2.67. The molecule has 0 atom stereocenters. The monoisotopic (exact) mass is 271 g/mol. The number of carbonyl (C=O) groups is 1. The van der Waals surface area contributed by atoms with E-state index in [1.165, 1.54) is 12.1 Å². The van der Waals surface area contributed by atoms with Gasteiger partial charge in [-0.3, -0.25) is 4.79 Å². The highest BCUT2D eigenvalue weighted by Crippen LogP contribution is 2.17. The topological polar surface area (TPSA) is 57.8 Å². The lowest BCUT2D eigenvalue weighted by Crippen LogP contribution is -2.24. The summed E-state index contributed by atoms with van der Waals surface area (Å²) in [4.78, 5) is 18.5. The highest BCUT2D eigenvalue weighted by molar-refractivity contribution is 5.93. The van der Waals surface area contributed by atoms with Crippen molar-refractivity contribution in [2.75, 3.05) is 6.54 Å². The zero-order valence-corrected chi connectivity index (χ0v) is 11.0. The van der Waals surface area contributed by atoms with Gasteiger partial charge in [-0.2, -0.15) is 0 Å². The molecule has 1 aromatic carbocycles. The maximum Gasteiger partial charge on any atom is 0.295 e. The molecule has 0 saturated carbocycles. The average Bonchev–Trinajstić information content (AvgIpc) is 2.89. The molecule has 0 spiro atoms. The Hall–Kier alpha value is -2.61. The summed E-state index contributed by atoms with van der Waals surface area (Å²) < 4.78 is 12.8. The number of rotatable bonds is 4. The van der Waals surface area contributed by atoms with Crippen molar-refractivity contribution in [1.29, 1.82) is 0 Å². The van der Waals surface area contributed by atoms with E-state index in [1.54, 1.807) is 25.3 Å². The summed E-state index contributed by atoms with van der Waals surface area (Å²) in [6.07, 6.45) is 2.27. The number of hydrogen-bond acceptors (Lipinski definition) is 2. The normalized spacial score (nSPS) is 9.70. The van der Waals surface area contributed by atoms with Crippen LogP contribution in [0.1, 0.15) is 12.7 Å². The number of nitrogens with one attached hydrogen (secondary N) is 2. The third-order valence-electron chi connectivity index (χ3n) is 2.67. The number of halogens is 1.